The Morgan fingerprint density at radius 2 is 2.05 bits per heavy atom. The zero-order chi connectivity index (χ0) is 15.8. The van der Waals surface area contributed by atoms with Gasteiger partial charge < -0.3 is 10.4 Å². The van der Waals surface area contributed by atoms with E-state index < -0.39 is 0 Å². The molecule has 0 aliphatic carbocycles. The molecule has 1 heterocycles. The first-order chi connectivity index (χ1) is 10.7. The number of unbranched alkanes of at least 4 members (excludes halogenated alkanes) is 2. The van der Waals surface area contributed by atoms with Gasteiger partial charge in [0.25, 0.3) is 5.91 Å². The molecule has 0 radical (unpaired) electrons. The number of hydrogen-bond donors (Lipinski definition) is 2. The Hall–Kier alpha value is -2.27. The van der Waals surface area contributed by atoms with Crippen LogP contribution < -0.4 is 5.32 Å². The average Bonchev–Trinajstić information content (AvgIpc) is 2.55. The van der Waals surface area contributed by atoms with Crippen molar-refractivity contribution in [2.24, 2.45) is 0 Å². The maximum absolute atomic E-state index is 12.9. The lowest BCUT2D eigenvalue weighted by atomic mass is 10.1. The van der Waals surface area contributed by atoms with Gasteiger partial charge in [-0.25, -0.2) is 4.39 Å². The van der Waals surface area contributed by atoms with Crippen LogP contribution in [0.15, 0.2) is 42.6 Å². The fourth-order valence-electron chi connectivity index (χ4n) is 2.08. The average molecular weight is 302 g/mol. The monoisotopic (exact) mass is 302 g/mol. The van der Waals surface area contributed by atoms with Crippen LogP contribution in [0.5, 0.6) is 0 Å². The van der Waals surface area contributed by atoms with E-state index in [4.69, 9.17) is 5.11 Å². The topological polar surface area (TPSA) is 62.2 Å². The second-order valence-electron chi connectivity index (χ2n) is 4.98. The first-order valence-corrected chi connectivity index (χ1v) is 7.32. The van der Waals surface area contributed by atoms with E-state index in [1.165, 1.54) is 6.07 Å². The number of aromatic nitrogens is 1. The van der Waals surface area contributed by atoms with E-state index in [1.807, 2.05) is 6.07 Å². The van der Waals surface area contributed by atoms with Crippen LogP contribution in [0.1, 0.15) is 29.6 Å². The van der Waals surface area contributed by atoms with Gasteiger partial charge in [-0.1, -0.05) is 12.1 Å². The molecule has 0 aliphatic rings. The molecule has 0 aliphatic heterocycles. The summed E-state index contributed by atoms with van der Waals surface area (Å²) < 4.78 is 12.9. The summed E-state index contributed by atoms with van der Waals surface area (Å²) in [6.45, 7) is 0.762. The van der Waals surface area contributed by atoms with Gasteiger partial charge >= 0.3 is 0 Å². The number of carbonyl (C=O) groups excluding carboxylic acids is 1. The fourth-order valence-corrected chi connectivity index (χ4v) is 2.08. The molecule has 4 nitrogen and oxygen atoms in total. The highest BCUT2D eigenvalue weighted by atomic mass is 19.1. The summed E-state index contributed by atoms with van der Waals surface area (Å²) in [5.74, 6) is -0.534. The first kappa shape index (κ1) is 16.1. The number of nitrogens with one attached hydrogen (secondary N) is 1. The molecule has 2 aromatic rings. The molecule has 22 heavy (non-hydrogen) atoms. The lowest BCUT2D eigenvalue weighted by Gasteiger charge is -2.07. The van der Waals surface area contributed by atoms with Crippen LogP contribution in [0.2, 0.25) is 0 Å². The van der Waals surface area contributed by atoms with E-state index in [9.17, 15) is 9.18 Å². The smallest absolute Gasteiger partial charge is 0.251 e. The van der Waals surface area contributed by atoms with Gasteiger partial charge in [0.2, 0.25) is 0 Å². The number of rotatable bonds is 7. The molecule has 1 amide bonds. The predicted octanol–water partition coefficient (Wildman–Crippen LogP) is 2.78. The van der Waals surface area contributed by atoms with Crippen LogP contribution in [-0.4, -0.2) is 29.1 Å². The quantitative estimate of drug-likeness (QED) is 0.773. The second-order valence-corrected chi connectivity index (χ2v) is 4.98. The molecule has 2 N–H and O–H groups in total. The summed E-state index contributed by atoms with van der Waals surface area (Å²) in [7, 11) is 0. The third-order valence-corrected chi connectivity index (χ3v) is 3.27. The highest BCUT2D eigenvalue weighted by molar-refractivity contribution is 5.95. The van der Waals surface area contributed by atoms with Gasteiger partial charge in [-0.15, -0.1) is 0 Å². The Morgan fingerprint density at radius 1 is 1.18 bits per heavy atom. The van der Waals surface area contributed by atoms with E-state index in [1.54, 1.807) is 24.3 Å². The molecule has 0 saturated carbocycles. The SMILES string of the molecule is O=C(NCCCCCO)c1cccc(-c2ccc(F)cn2)c1. The largest absolute Gasteiger partial charge is 0.396 e. The predicted molar refractivity (Wildman–Crippen MR) is 82.9 cm³/mol. The number of pyridine rings is 1. The van der Waals surface area contributed by atoms with Crippen LogP contribution in [-0.2, 0) is 0 Å². The van der Waals surface area contributed by atoms with E-state index >= 15 is 0 Å². The fraction of sp³-hybridized carbons (Fsp3) is 0.294. The second kappa shape index (κ2) is 8.24. The molecule has 0 atom stereocenters. The minimum atomic E-state index is -0.388. The van der Waals surface area contributed by atoms with Crippen LogP contribution in [0.4, 0.5) is 4.39 Å². The van der Waals surface area contributed by atoms with Gasteiger partial charge in [0.15, 0.2) is 0 Å². The molecular formula is C17H19FN2O2. The molecular weight excluding hydrogens is 283 g/mol. The van der Waals surface area contributed by atoms with Gasteiger partial charge in [-0.3, -0.25) is 9.78 Å². The van der Waals surface area contributed by atoms with Crippen molar-refractivity contribution in [3.63, 3.8) is 0 Å². The number of benzene rings is 1. The van der Waals surface area contributed by atoms with Crippen molar-refractivity contribution in [1.29, 1.82) is 0 Å². The number of aliphatic hydroxyl groups is 1. The van der Waals surface area contributed by atoms with Crippen LogP contribution in [0, 0.1) is 5.82 Å². The lowest BCUT2D eigenvalue weighted by molar-refractivity contribution is 0.0953. The van der Waals surface area contributed by atoms with E-state index in [-0.39, 0.29) is 18.3 Å². The maximum atomic E-state index is 12.9. The zero-order valence-corrected chi connectivity index (χ0v) is 12.3. The van der Waals surface area contributed by atoms with Crippen LogP contribution in [0.3, 0.4) is 0 Å². The minimum absolute atomic E-state index is 0.145. The van der Waals surface area contributed by atoms with Gasteiger partial charge in [-0.05, 0) is 43.5 Å². The van der Waals surface area contributed by atoms with Gasteiger partial charge in [0.1, 0.15) is 5.82 Å². The molecule has 5 heteroatoms. The normalized spacial score (nSPS) is 10.5. The van der Waals surface area contributed by atoms with Gasteiger partial charge in [0, 0.05) is 24.3 Å². The van der Waals surface area contributed by atoms with Crippen molar-refractivity contribution in [2.75, 3.05) is 13.2 Å². The van der Waals surface area contributed by atoms with Crippen molar-refractivity contribution in [3.05, 3.63) is 54.0 Å². The Bertz CT molecular complexity index is 614. The summed E-state index contributed by atoms with van der Waals surface area (Å²) in [4.78, 5) is 16.1. The van der Waals surface area contributed by atoms with Crippen molar-refractivity contribution >= 4 is 5.91 Å². The third kappa shape index (κ3) is 4.63. The van der Waals surface area contributed by atoms with Crippen LogP contribution >= 0.6 is 0 Å². The van der Waals surface area contributed by atoms with E-state index in [0.717, 1.165) is 31.0 Å². The molecule has 0 fully saturated rings. The van der Waals surface area contributed by atoms with Crippen molar-refractivity contribution < 1.29 is 14.3 Å². The van der Waals surface area contributed by atoms with Gasteiger partial charge in [-0.2, -0.15) is 0 Å². The van der Waals surface area contributed by atoms with Crippen molar-refractivity contribution in [3.8, 4) is 11.3 Å². The number of carbonyl (C=O) groups is 1. The molecule has 2 rings (SSSR count). The summed E-state index contributed by atoms with van der Waals surface area (Å²) in [6, 6.07) is 10.0. The number of halogens is 1. The maximum Gasteiger partial charge on any atom is 0.251 e. The lowest BCUT2D eigenvalue weighted by Crippen LogP contribution is -2.24. The minimum Gasteiger partial charge on any atom is -0.396 e. The molecule has 1 aromatic carbocycles. The Kier molecular flexibility index (Phi) is 6.03. The first-order valence-electron chi connectivity index (χ1n) is 7.32. The highest BCUT2D eigenvalue weighted by Gasteiger charge is 2.07. The highest BCUT2D eigenvalue weighted by Crippen LogP contribution is 2.18. The van der Waals surface area contributed by atoms with Gasteiger partial charge in [0.05, 0.1) is 11.9 Å². The van der Waals surface area contributed by atoms with Crippen LogP contribution in [0.25, 0.3) is 11.3 Å². The van der Waals surface area contributed by atoms with E-state index in [0.29, 0.717) is 17.8 Å². The summed E-state index contributed by atoms with van der Waals surface area (Å²) >= 11 is 0. The Labute approximate surface area is 129 Å². The molecule has 0 spiro atoms. The number of nitrogens with zero attached hydrogens (tertiary/aromatic N) is 1. The van der Waals surface area contributed by atoms with Crippen molar-refractivity contribution in [1.82, 2.24) is 10.3 Å². The standard InChI is InChI=1S/C17H19FN2O2/c18-15-7-8-16(20-12-15)13-5-4-6-14(11-13)17(22)19-9-2-1-3-10-21/h4-8,11-12,21H,1-3,9-10H2,(H,19,22). The molecule has 0 unspecified atom stereocenters. The Balaban J connectivity index is 1.98. The third-order valence-electron chi connectivity index (χ3n) is 3.27. The summed E-state index contributed by atoms with van der Waals surface area (Å²) in [5.41, 5.74) is 1.94. The molecule has 1 aromatic heterocycles. The summed E-state index contributed by atoms with van der Waals surface area (Å²) in [6.07, 6.45) is 3.63. The molecule has 0 saturated heterocycles. The van der Waals surface area contributed by atoms with E-state index in [2.05, 4.69) is 10.3 Å². The number of hydrogen-bond acceptors (Lipinski definition) is 3. The molecule has 116 valence electrons. The zero-order valence-electron chi connectivity index (χ0n) is 12.3. The summed E-state index contributed by atoms with van der Waals surface area (Å²) in [5, 5.41) is 11.5. The number of aliphatic hydroxyl groups excluding tert-OH is 1. The molecule has 0 bridgehead atoms. The Morgan fingerprint density at radius 3 is 2.77 bits per heavy atom. The number of amides is 1. The van der Waals surface area contributed by atoms with Crippen molar-refractivity contribution in [2.45, 2.75) is 19.3 Å².